The van der Waals surface area contributed by atoms with E-state index in [1.54, 1.807) is 26.4 Å². The number of rotatable bonds is 7. The van der Waals surface area contributed by atoms with Gasteiger partial charge in [0.25, 0.3) is 5.56 Å². The minimum Gasteiger partial charge on any atom is -0.496 e. The predicted molar refractivity (Wildman–Crippen MR) is 180 cm³/mol. The highest BCUT2D eigenvalue weighted by Crippen LogP contribution is 2.43. The van der Waals surface area contributed by atoms with Gasteiger partial charge in [0, 0.05) is 26.7 Å². The molecule has 6 nitrogen and oxygen atoms in total. The lowest BCUT2D eigenvalue weighted by Gasteiger charge is -2.31. The molecule has 0 amide bonds. The molecule has 0 unspecified atom stereocenters. The van der Waals surface area contributed by atoms with Gasteiger partial charge in [0.05, 0.1) is 30.5 Å². The molecule has 4 aromatic carbocycles. The third-order valence-electron chi connectivity index (χ3n) is 8.19. The smallest absolute Gasteiger partial charge is 0.271 e. The van der Waals surface area contributed by atoms with E-state index in [0.29, 0.717) is 30.9 Å². The van der Waals surface area contributed by atoms with Gasteiger partial charge in [0.1, 0.15) is 12.4 Å². The summed E-state index contributed by atoms with van der Waals surface area (Å²) in [5, 5.41) is 1.10. The number of hydrogen-bond acceptors (Lipinski definition) is 6. The van der Waals surface area contributed by atoms with Crippen molar-refractivity contribution in [2.75, 3.05) is 14.2 Å². The second kappa shape index (κ2) is 12.2. The summed E-state index contributed by atoms with van der Waals surface area (Å²) in [6, 6.07) is 26.9. The number of ether oxygens (including phenoxy) is 3. The minimum atomic E-state index is -0.326. The maximum atomic E-state index is 14.2. The highest BCUT2D eigenvalue weighted by Gasteiger charge is 2.34. The Morgan fingerprint density at radius 1 is 0.911 bits per heavy atom. The van der Waals surface area contributed by atoms with Gasteiger partial charge in [-0.2, -0.15) is 0 Å². The van der Waals surface area contributed by atoms with Gasteiger partial charge in [-0.1, -0.05) is 89.1 Å². The van der Waals surface area contributed by atoms with Crippen LogP contribution >= 0.6 is 34.5 Å². The zero-order valence-electron chi connectivity index (χ0n) is 24.6. The molecule has 2 heterocycles. The van der Waals surface area contributed by atoms with E-state index < -0.39 is 0 Å². The van der Waals surface area contributed by atoms with Crippen LogP contribution in [0.2, 0.25) is 10.0 Å². The molecule has 0 radical (unpaired) electrons. The maximum Gasteiger partial charge on any atom is 0.271 e. The Morgan fingerprint density at radius 2 is 1.71 bits per heavy atom. The summed E-state index contributed by atoms with van der Waals surface area (Å²) < 4.78 is 19.9. The molecule has 7 rings (SSSR count). The molecule has 0 saturated heterocycles. The standard InChI is InChI=1S/C36H28Cl2N2O4S/c1-42-29-10-6-5-9-26(29)34-27-15-13-22-7-3-4-8-25(22)33(27)39-36-40(34)35(41)32(45-36)18-21-11-16-30(31(17-21)43-2)44-20-23-12-14-24(37)19-28(23)38/h3-12,14,16-19,34H,13,15,20H2,1-2H3/b32-18-/t34-/m0/s1. The number of benzene rings is 4. The first kappa shape index (κ1) is 29.4. The Labute approximate surface area is 274 Å². The van der Waals surface area contributed by atoms with Crippen LogP contribution in [0.15, 0.2) is 100 Å². The minimum absolute atomic E-state index is 0.100. The molecule has 1 atom stereocenters. The number of fused-ring (bicyclic) bond motifs is 3. The van der Waals surface area contributed by atoms with Crippen LogP contribution in [0.5, 0.6) is 17.2 Å². The zero-order chi connectivity index (χ0) is 31.1. The van der Waals surface area contributed by atoms with Crippen molar-refractivity contribution in [3.63, 3.8) is 0 Å². The summed E-state index contributed by atoms with van der Waals surface area (Å²) in [6.45, 7) is 0.251. The van der Waals surface area contributed by atoms with Crippen LogP contribution in [0, 0.1) is 0 Å². The summed E-state index contributed by atoms with van der Waals surface area (Å²) in [6.07, 6.45) is 3.57. The van der Waals surface area contributed by atoms with E-state index in [9.17, 15) is 4.79 Å². The Kier molecular flexibility index (Phi) is 8.00. The first-order chi connectivity index (χ1) is 21.9. The molecule has 0 spiro atoms. The van der Waals surface area contributed by atoms with Crippen LogP contribution in [0.1, 0.15) is 40.3 Å². The lowest BCUT2D eigenvalue weighted by molar-refractivity contribution is 0.284. The lowest BCUT2D eigenvalue weighted by Crippen LogP contribution is -2.39. The fourth-order valence-corrected chi connectivity index (χ4v) is 7.49. The number of aromatic nitrogens is 1. The summed E-state index contributed by atoms with van der Waals surface area (Å²) >= 11 is 13.7. The van der Waals surface area contributed by atoms with Crippen LogP contribution in [0.4, 0.5) is 0 Å². The van der Waals surface area contributed by atoms with Crippen LogP contribution < -0.4 is 29.1 Å². The van der Waals surface area contributed by atoms with Crippen molar-refractivity contribution >= 4 is 46.3 Å². The van der Waals surface area contributed by atoms with E-state index in [1.165, 1.54) is 16.9 Å². The summed E-state index contributed by atoms with van der Waals surface area (Å²) in [4.78, 5) is 20.0. The Morgan fingerprint density at radius 3 is 2.53 bits per heavy atom. The molecule has 1 aromatic heterocycles. The quantitative estimate of drug-likeness (QED) is 0.186. The number of aryl methyl sites for hydroxylation is 1. The van der Waals surface area contributed by atoms with Crippen molar-refractivity contribution in [2.45, 2.75) is 25.5 Å². The van der Waals surface area contributed by atoms with Crippen LogP contribution in [-0.4, -0.2) is 18.8 Å². The van der Waals surface area contributed by atoms with Gasteiger partial charge in [-0.15, -0.1) is 0 Å². The van der Waals surface area contributed by atoms with E-state index in [4.69, 9.17) is 42.4 Å². The maximum absolute atomic E-state index is 14.2. The zero-order valence-corrected chi connectivity index (χ0v) is 26.9. The monoisotopic (exact) mass is 654 g/mol. The molecule has 2 aliphatic rings. The molecule has 0 saturated carbocycles. The van der Waals surface area contributed by atoms with E-state index >= 15 is 0 Å². The average Bonchev–Trinajstić information content (AvgIpc) is 3.37. The number of para-hydroxylation sites is 1. The largest absolute Gasteiger partial charge is 0.496 e. The van der Waals surface area contributed by atoms with Gasteiger partial charge in [-0.25, -0.2) is 4.99 Å². The lowest BCUT2D eigenvalue weighted by atomic mass is 9.83. The fraction of sp³-hybridized carbons (Fsp3) is 0.167. The molecule has 0 fully saturated rings. The number of nitrogens with zero attached hydrogens (tertiary/aromatic N) is 2. The normalized spacial score (nSPS) is 15.6. The molecule has 45 heavy (non-hydrogen) atoms. The van der Waals surface area contributed by atoms with Crippen molar-refractivity contribution in [3.05, 3.63) is 148 Å². The third kappa shape index (κ3) is 5.46. The predicted octanol–water partition coefficient (Wildman–Crippen LogP) is 7.22. The van der Waals surface area contributed by atoms with Gasteiger partial charge in [0.2, 0.25) is 0 Å². The highest BCUT2D eigenvalue weighted by atomic mass is 35.5. The fourth-order valence-electron chi connectivity index (χ4n) is 6.03. The molecule has 0 N–H and O–H groups in total. The molecular weight excluding hydrogens is 627 g/mol. The van der Waals surface area contributed by atoms with E-state index in [0.717, 1.165) is 52.1 Å². The third-order valence-corrected chi connectivity index (χ3v) is 9.76. The number of methoxy groups -OCH3 is 2. The van der Waals surface area contributed by atoms with Gasteiger partial charge >= 0.3 is 0 Å². The first-order valence-electron chi connectivity index (χ1n) is 14.5. The van der Waals surface area contributed by atoms with Gasteiger partial charge in [0.15, 0.2) is 16.3 Å². The number of halogens is 2. The van der Waals surface area contributed by atoms with Crippen LogP contribution in [0.3, 0.4) is 0 Å². The topological polar surface area (TPSA) is 62.0 Å². The Balaban J connectivity index is 1.31. The molecule has 1 aliphatic carbocycles. The van der Waals surface area contributed by atoms with Crippen molar-refractivity contribution in [1.29, 1.82) is 0 Å². The van der Waals surface area contributed by atoms with Crippen molar-refractivity contribution in [3.8, 4) is 17.2 Å². The van der Waals surface area contributed by atoms with E-state index in [2.05, 4.69) is 18.2 Å². The summed E-state index contributed by atoms with van der Waals surface area (Å²) in [5.74, 6) is 1.84. The second-order valence-corrected chi connectivity index (χ2v) is 12.6. The van der Waals surface area contributed by atoms with Crippen molar-refractivity contribution in [1.82, 2.24) is 4.57 Å². The van der Waals surface area contributed by atoms with Gasteiger partial charge in [-0.05, 0) is 65.9 Å². The highest BCUT2D eigenvalue weighted by molar-refractivity contribution is 7.07. The number of allylic oxidation sites excluding steroid dienone is 1. The molecule has 5 aromatic rings. The summed E-state index contributed by atoms with van der Waals surface area (Å²) in [7, 11) is 3.25. The Bertz CT molecular complexity index is 2170. The van der Waals surface area contributed by atoms with Gasteiger partial charge < -0.3 is 14.2 Å². The van der Waals surface area contributed by atoms with Crippen LogP contribution in [0.25, 0.3) is 11.8 Å². The SMILES string of the molecule is COc1cc(/C=c2\sc3n(c2=O)[C@@H](c2ccccc2OC)C2=C(N=3)c3ccccc3CC2)ccc1OCc1ccc(Cl)cc1Cl. The molecule has 0 bridgehead atoms. The molecule has 1 aliphatic heterocycles. The van der Waals surface area contributed by atoms with E-state index in [1.807, 2.05) is 65.2 Å². The second-order valence-electron chi connectivity index (χ2n) is 10.8. The van der Waals surface area contributed by atoms with Crippen molar-refractivity contribution in [2.24, 2.45) is 4.99 Å². The first-order valence-corrected chi connectivity index (χ1v) is 16.0. The summed E-state index contributed by atoms with van der Waals surface area (Å²) in [5.41, 5.74) is 6.92. The number of thiazole rings is 1. The van der Waals surface area contributed by atoms with Gasteiger partial charge in [-0.3, -0.25) is 9.36 Å². The van der Waals surface area contributed by atoms with E-state index in [-0.39, 0.29) is 18.2 Å². The molecular formula is C36H28Cl2N2O4S. The Hall–Kier alpha value is -4.30. The average molecular weight is 656 g/mol. The molecule has 226 valence electrons. The molecule has 9 heteroatoms. The van der Waals surface area contributed by atoms with Crippen LogP contribution in [-0.2, 0) is 13.0 Å². The number of hydrogen-bond donors (Lipinski definition) is 0. The van der Waals surface area contributed by atoms with Crippen molar-refractivity contribution < 1.29 is 14.2 Å².